The van der Waals surface area contributed by atoms with Crippen molar-refractivity contribution in [1.29, 1.82) is 0 Å². The Bertz CT molecular complexity index is 467. The molecule has 0 bridgehead atoms. The molecule has 1 aliphatic rings. The van der Waals surface area contributed by atoms with Crippen LogP contribution in [-0.4, -0.2) is 47.2 Å². The highest BCUT2D eigenvalue weighted by molar-refractivity contribution is 5.95. The highest BCUT2D eigenvalue weighted by Crippen LogP contribution is 2.17. The van der Waals surface area contributed by atoms with Gasteiger partial charge < -0.3 is 10.2 Å². The Hall–Kier alpha value is -1.49. The maximum atomic E-state index is 12.7. The van der Waals surface area contributed by atoms with Gasteiger partial charge in [-0.25, -0.2) is 0 Å². The Balaban J connectivity index is 2.19. The summed E-state index contributed by atoms with van der Waals surface area (Å²) in [5.41, 5.74) is 2.29. The van der Waals surface area contributed by atoms with Crippen LogP contribution in [0.15, 0.2) is 6.07 Å². The van der Waals surface area contributed by atoms with Crippen molar-refractivity contribution in [3.63, 3.8) is 0 Å². The van der Waals surface area contributed by atoms with Gasteiger partial charge in [0, 0.05) is 13.1 Å². The number of aryl methyl sites for hydroxylation is 2. The van der Waals surface area contributed by atoms with E-state index in [-0.39, 0.29) is 5.91 Å². The molecule has 1 N–H and O–H groups in total. The number of nitrogens with one attached hydrogen (secondary N) is 1. The molecule has 0 saturated carbocycles. The van der Waals surface area contributed by atoms with Crippen molar-refractivity contribution in [2.45, 2.75) is 45.6 Å². The van der Waals surface area contributed by atoms with Crippen LogP contribution in [0.3, 0.4) is 0 Å². The van der Waals surface area contributed by atoms with Gasteiger partial charge in [-0.2, -0.15) is 10.2 Å². The van der Waals surface area contributed by atoms with E-state index in [0.717, 1.165) is 50.2 Å². The molecule has 2 rings (SSSR count). The molecule has 5 heteroatoms. The largest absolute Gasteiger partial charge is 0.339 e. The number of amides is 1. The first-order valence-corrected chi connectivity index (χ1v) is 7.44. The summed E-state index contributed by atoms with van der Waals surface area (Å²) in [5.74, 6) is 0.0757. The molecule has 110 valence electrons. The summed E-state index contributed by atoms with van der Waals surface area (Å²) < 4.78 is 0. The third kappa shape index (κ3) is 3.33. The van der Waals surface area contributed by atoms with Crippen molar-refractivity contribution in [3.05, 3.63) is 23.0 Å². The zero-order valence-electron chi connectivity index (χ0n) is 12.6. The van der Waals surface area contributed by atoms with E-state index in [1.807, 2.05) is 31.9 Å². The van der Waals surface area contributed by atoms with Gasteiger partial charge in [0.15, 0.2) is 0 Å². The number of carbonyl (C=O) groups excluding carboxylic acids is 1. The molecule has 1 aliphatic heterocycles. The van der Waals surface area contributed by atoms with Gasteiger partial charge >= 0.3 is 0 Å². The number of nitrogens with zero attached hydrogens (tertiary/aromatic N) is 3. The van der Waals surface area contributed by atoms with Crippen molar-refractivity contribution >= 4 is 5.91 Å². The molecular formula is C15H24N4O. The third-order valence-corrected chi connectivity index (χ3v) is 3.97. The van der Waals surface area contributed by atoms with Gasteiger partial charge in [-0.3, -0.25) is 4.79 Å². The summed E-state index contributed by atoms with van der Waals surface area (Å²) in [6.45, 7) is 5.91. The minimum atomic E-state index is 0.0757. The maximum absolute atomic E-state index is 12.7. The van der Waals surface area contributed by atoms with E-state index in [9.17, 15) is 4.79 Å². The number of aromatic nitrogens is 2. The summed E-state index contributed by atoms with van der Waals surface area (Å²) in [7, 11) is 1.91. The van der Waals surface area contributed by atoms with Crippen LogP contribution >= 0.6 is 0 Å². The van der Waals surface area contributed by atoms with Crippen LogP contribution in [0, 0.1) is 6.92 Å². The molecule has 2 heterocycles. The van der Waals surface area contributed by atoms with Crippen LogP contribution in [0.4, 0.5) is 0 Å². The van der Waals surface area contributed by atoms with Crippen molar-refractivity contribution in [1.82, 2.24) is 20.4 Å². The van der Waals surface area contributed by atoms with E-state index in [2.05, 4.69) is 15.5 Å². The van der Waals surface area contributed by atoms with Crippen molar-refractivity contribution in [2.75, 3.05) is 20.1 Å². The van der Waals surface area contributed by atoms with Gasteiger partial charge in [0.2, 0.25) is 0 Å². The lowest BCUT2D eigenvalue weighted by Gasteiger charge is -2.27. The van der Waals surface area contributed by atoms with Gasteiger partial charge in [-0.1, -0.05) is 6.92 Å². The number of rotatable bonds is 3. The summed E-state index contributed by atoms with van der Waals surface area (Å²) >= 11 is 0. The lowest BCUT2D eigenvalue weighted by Crippen LogP contribution is -2.38. The number of carbonyl (C=O) groups is 1. The number of hydrogen-bond acceptors (Lipinski definition) is 4. The molecule has 1 amide bonds. The number of hydrogen-bond donors (Lipinski definition) is 1. The molecule has 1 saturated heterocycles. The van der Waals surface area contributed by atoms with Crippen LogP contribution in [0.2, 0.25) is 0 Å². The van der Waals surface area contributed by atoms with E-state index in [4.69, 9.17) is 0 Å². The van der Waals surface area contributed by atoms with E-state index in [1.165, 1.54) is 0 Å². The SMILES string of the molecule is CCc1nnc(C)cc1C(=O)N(C)C1CCCNCC1. The second-order valence-electron chi connectivity index (χ2n) is 5.45. The Kier molecular flexibility index (Phi) is 5.06. The molecular weight excluding hydrogens is 252 g/mol. The van der Waals surface area contributed by atoms with E-state index in [0.29, 0.717) is 11.6 Å². The van der Waals surface area contributed by atoms with Crippen LogP contribution in [-0.2, 0) is 6.42 Å². The first-order valence-electron chi connectivity index (χ1n) is 7.44. The average molecular weight is 276 g/mol. The fourth-order valence-corrected chi connectivity index (χ4v) is 2.70. The van der Waals surface area contributed by atoms with Gasteiger partial charge in [0.1, 0.15) is 0 Å². The fraction of sp³-hybridized carbons (Fsp3) is 0.667. The van der Waals surface area contributed by atoms with E-state index >= 15 is 0 Å². The van der Waals surface area contributed by atoms with Gasteiger partial charge in [-0.05, 0) is 51.8 Å². The van der Waals surface area contributed by atoms with Gasteiger partial charge in [0.05, 0.1) is 17.0 Å². The first-order chi connectivity index (χ1) is 9.63. The lowest BCUT2D eigenvalue weighted by molar-refractivity contribution is 0.0718. The fourth-order valence-electron chi connectivity index (χ4n) is 2.70. The van der Waals surface area contributed by atoms with Crippen molar-refractivity contribution in [3.8, 4) is 0 Å². The summed E-state index contributed by atoms with van der Waals surface area (Å²) in [4.78, 5) is 14.6. The molecule has 0 aliphatic carbocycles. The quantitative estimate of drug-likeness (QED) is 0.910. The molecule has 1 aromatic heterocycles. The summed E-state index contributed by atoms with van der Waals surface area (Å²) in [6.07, 6.45) is 3.93. The summed E-state index contributed by atoms with van der Waals surface area (Å²) in [5, 5.41) is 11.6. The molecule has 1 atom stereocenters. The minimum absolute atomic E-state index is 0.0757. The van der Waals surface area contributed by atoms with E-state index in [1.54, 1.807) is 0 Å². The molecule has 5 nitrogen and oxygen atoms in total. The van der Waals surface area contributed by atoms with Crippen molar-refractivity contribution < 1.29 is 4.79 Å². The molecule has 0 radical (unpaired) electrons. The topological polar surface area (TPSA) is 58.1 Å². The first kappa shape index (κ1) is 14.9. The second-order valence-corrected chi connectivity index (χ2v) is 5.45. The molecule has 0 spiro atoms. The maximum Gasteiger partial charge on any atom is 0.255 e. The second kappa shape index (κ2) is 6.79. The normalized spacial score (nSPS) is 19.4. The molecule has 1 fully saturated rings. The van der Waals surface area contributed by atoms with E-state index < -0.39 is 0 Å². The minimum Gasteiger partial charge on any atom is -0.339 e. The van der Waals surface area contributed by atoms with Crippen molar-refractivity contribution in [2.24, 2.45) is 0 Å². The molecule has 20 heavy (non-hydrogen) atoms. The monoisotopic (exact) mass is 276 g/mol. The standard InChI is InChI=1S/C15H24N4O/c1-4-14-13(10-11(2)17-18-14)15(20)19(3)12-6-5-8-16-9-7-12/h10,12,16H,4-9H2,1-3H3. The lowest BCUT2D eigenvalue weighted by atomic mass is 10.1. The Labute approximate surface area is 120 Å². The van der Waals surface area contributed by atoms with Crippen LogP contribution in [0.25, 0.3) is 0 Å². The zero-order valence-corrected chi connectivity index (χ0v) is 12.6. The predicted molar refractivity (Wildman–Crippen MR) is 78.7 cm³/mol. The zero-order chi connectivity index (χ0) is 14.5. The molecule has 1 aromatic rings. The van der Waals surface area contributed by atoms with Crippen LogP contribution in [0.1, 0.15) is 47.9 Å². The Morgan fingerprint density at radius 2 is 2.20 bits per heavy atom. The summed E-state index contributed by atoms with van der Waals surface area (Å²) in [6, 6.07) is 2.18. The van der Waals surface area contributed by atoms with Gasteiger partial charge in [-0.15, -0.1) is 0 Å². The predicted octanol–water partition coefficient (Wildman–Crippen LogP) is 1.56. The molecule has 0 aromatic carbocycles. The Morgan fingerprint density at radius 3 is 2.95 bits per heavy atom. The highest BCUT2D eigenvalue weighted by atomic mass is 16.2. The average Bonchev–Trinajstić information content (AvgIpc) is 2.74. The van der Waals surface area contributed by atoms with Gasteiger partial charge in [0.25, 0.3) is 5.91 Å². The smallest absolute Gasteiger partial charge is 0.255 e. The van der Waals surface area contributed by atoms with Crippen LogP contribution < -0.4 is 5.32 Å². The van der Waals surface area contributed by atoms with Crippen LogP contribution in [0.5, 0.6) is 0 Å². The third-order valence-electron chi connectivity index (χ3n) is 3.97. The Morgan fingerprint density at radius 1 is 1.40 bits per heavy atom. The molecule has 1 unspecified atom stereocenters. The highest BCUT2D eigenvalue weighted by Gasteiger charge is 2.24.